The Morgan fingerprint density at radius 3 is 2.43 bits per heavy atom. The SMILES string of the molecule is C#C.C/C=C/c1cc2ccccc2cc1OOC1=CC/C(=C\CCC)C=C1C. The van der Waals surface area contributed by atoms with Crippen molar-refractivity contribution in [2.24, 2.45) is 0 Å². The van der Waals surface area contributed by atoms with E-state index in [1.807, 2.05) is 37.3 Å². The molecule has 144 valence electrons. The standard InChI is InChI=1S/C24H26O2.C2H2/c1-4-6-10-19-13-14-23(18(3)15-19)25-26-24-17-21-12-8-7-11-20(21)16-22(24)9-5-2;1-2/h5,7-12,14-17H,4,6,13H2,1-3H3;1-2H/b9-5+,19-10+;. The third kappa shape index (κ3) is 5.41. The monoisotopic (exact) mass is 372 g/mol. The normalized spacial score (nSPS) is 15.0. The minimum atomic E-state index is 0.725. The molecular weight excluding hydrogens is 344 g/mol. The Bertz CT molecular complexity index is 939. The summed E-state index contributed by atoms with van der Waals surface area (Å²) in [5, 5.41) is 2.32. The van der Waals surface area contributed by atoms with E-state index in [1.54, 1.807) is 0 Å². The topological polar surface area (TPSA) is 18.5 Å². The molecule has 0 amide bonds. The number of hydrogen-bond acceptors (Lipinski definition) is 2. The van der Waals surface area contributed by atoms with Gasteiger partial charge in [0.15, 0.2) is 11.5 Å². The molecule has 1 aliphatic carbocycles. The quantitative estimate of drug-likeness (QED) is 0.299. The van der Waals surface area contributed by atoms with Crippen molar-refractivity contribution in [2.75, 3.05) is 0 Å². The first-order valence-electron chi connectivity index (χ1n) is 9.62. The molecule has 1 aliphatic rings. The predicted molar refractivity (Wildman–Crippen MR) is 120 cm³/mol. The average molecular weight is 373 g/mol. The van der Waals surface area contributed by atoms with Crippen LogP contribution in [0.1, 0.15) is 45.6 Å². The highest BCUT2D eigenvalue weighted by atomic mass is 17.2. The summed E-state index contributed by atoms with van der Waals surface area (Å²) in [5.74, 6) is 1.51. The maximum atomic E-state index is 5.74. The van der Waals surface area contributed by atoms with E-state index in [9.17, 15) is 0 Å². The van der Waals surface area contributed by atoms with E-state index >= 15 is 0 Å². The van der Waals surface area contributed by atoms with E-state index in [0.717, 1.165) is 40.9 Å². The van der Waals surface area contributed by atoms with Crippen molar-refractivity contribution in [3.63, 3.8) is 0 Å². The van der Waals surface area contributed by atoms with Crippen LogP contribution in [0.15, 0.2) is 77.6 Å². The number of allylic oxidation sites excluding steroid dienone is 6. The van der Waals surface area contributed by atoms with Crippen molar-refractivity contribution in [1.29, 1.82) is 0 Å². The zero-order valence-electron chi connectivity index (χ0n) is 16.9. The number of benzene rings is 2. The van der Waals surface area contributed by atoms with Gasteiger partial charge in [-0.3, -0.25) is 9.78 Å². The molecule has 0 atom stereocenters. The van der Waals surface area contributed by atoms with Gasteiger partial charge in [0.2, 0.25) is 0 Å². The maximum Gasteiger partial charge on any atom is 0.186 e. The molecule has 0 spiro atoms. The van der Waals surface area contributed by atoms with E-state index in [2.05, 4.69) is 63.1 Å². The first-order valence-corrected chi connectivity index (χ1v) is 9.62. The highest BCUT2D eigenvalue weighted by molar-refractivity contribution is 5.87. The van der Waals surface area contributed by atoms with Crippen LogP contribution in [0, 0.1) is 12.8 Å². The molecule has 28 heavy (non-hydrogen) atoms. The third-order valence-electron chi connectivity index (χ3n) is 4.45. The number of terminal acetylenes is 1. The van der Waals surface area contributed by atoms with E-state index in [-0.39, 0.29) is 0 Å². The van der Waals surface area contributed by atoms with Gasteiger partial charge in [-0.1, -0.05) is 61.9 Å². The van der Waals surface area contributed by atoms with Crippen LogP contribution in [0.2, 0.25) is 0 Å². The summed E-state index contributed by atoms with van der Waals surface area (Å²) >= 11 is 0. The van der Waals surface area contributed by atoms with Crippen LogP contribution >= 0.6 is 0 Å². The summed E-state index contributed by atoms with van der Waals surface area (Å²) < 4.78 is 0. The average Bonchev–Trinajstić information content (AvgIpc) is 2.73. The molecular formula is C26H28O2. The van der Waals surface area contributed by atoms with Crippen LogP contribution in [0.3, 0.4) is 0 Å². The number of rotatable bonds is 6. The van der Waals surface area contributed by atoms with Crippen LogP contribution in [0.25, 0.3) is 16.8 Å². The Balaban J connectivity index is 0.00000136. The lowest BCUT2D eigenvalue weighted by atomic mass is 10.0. The molecule has 2 heteroatoms. The van der Waals surface area contributed by atoms with Gasteiger partial charge in [-0.25, -0.2) is 0 Å². The smallest absolute Gasteiger partial charge is 0.186 e. The first kappa shape index (κ1) is 21.1. The summed E-state index contributed by atoms with van der Waals surface area (Å²) in [6, 6.07) is 12.4. The first-order chi connectivity index (χ1) is 13.7. The lowest BCUT2D eigenvalue weighted by Gasteiger charge is -2.16. The van der Waals surface area contributed by atoms with Crippen LogP contribution in [-0.4, -0.2) is 0 Å². The van der Waals surface area contributed by atoms with Crippen molar-refractivity contribution < 1.29 is 9.78 Å². The molecule has 0 saturated heterocycles. The molecule has 0 fully saturated rings. The second-order valence-corrected chi connectivity index (χ2v) is 6.57. The third-order valence-corrected chi connectivity index (χ3v) is 4.45. The molecule has 0 radical (unpaired) electrons. The molecule has 0 unspecified atom stereocenters. The fraction of sp³-hybridized carbons (Fsp3) is 0.231. The number of hydrogen-bond donors (Lipinski definition) is 0. The Morgan fingerprint density at radius 2 is 1.79 bits per heavy atom. The highest BCUT2D eigenvalue weighted by Gasteiger charge is 2.12. The Kier molecular flexibility index (Phi) is 8.18. The van der Waals surface area contributed by atoms with Gasteiger partial charge in [-0.2, -0.15) is 0 Å². The Morgan fingerprint density at radius 1 is 1.07 bits per heavy atom. The Labute approximate surface area is 168 Å². The molecule has 2 nitrogen and oxygen atoms in total. The van der Waals surface area contributed by atoms with Gasteiger partial charge < -0.3 is 0 Å². The molecule has 0 aliphatic heterocycles. The van der Waals surface area contributed by atoms with Crippen molar-refractivity contribution >= 4 is 16.8 Å². The van der Waals surface area contributed by atoms with Gasteiger partial charge in [-0.05, 0) is 66.8 Å². The molecule has 0 heterocycles. The number of unbranched alkanes of at least 4 members (excludes halogenated alkanes) is 1. The fourth-order valence-electron chi connectivity index (χ4n) is 3.06. The highest BCUT2D eigenvalue weighted by Crippen LogP contribution is 2.30. The van der Waals surface area contributed by atoms with Crippen molar-refractivity contribution in [2.45, 2.75) is 40.0 Å². The largest absolute Gasteiger partial charge is 0.290 e. The van der Waals surface area contributed by atoms with Crippen LogP contribution in [-0.2, 0) is 4.89 Å². The lowest BCUT2D eigenvalue weighted by Crippen LogP contribution is -2.03. The molecule has 2 aromatic carbocycles. The van der Waals surface area contributed by atoms with Crippen LogP contribution < -0.4 is 4.89 Å². The summed E-state index contributed by atoms with van der Waals surface area (Å²) in [6.45, 7) is 6.25. The van der Waals surface area contributed by atoms with Gasteiger partial charge in [0.05, 0.1) is 0 Å². The zero-order valence-corrected chi connectivity index (χ0v) is 16.9. The van der Waals surface area contributed by atoms with E-state index < -0.39 is 0 Å². The molecule has 0 aromatic heterocycles. The van der Waals surface area contributed by atoms with Gasteiger partial charge in [0, 0.05) is 5.56 Å². The van der Waals surface area contributed by atoms with Gasteiger partial charge in [0.1, 0.15) is 0 Å². The molecule has 0 N–H and O–H groups in total. The second kappa shape index (κ2) is 10.8. The second-order valence-electron chi connectivity index (χ2n) is 6.57. The Hall–Kier alpha value is -3.18. The molecule has 3 rings (SSSR count). The summed E-state index contributed by atoms with van der Waals surface area (Å²) in [5.41, 5.74) is 3.44. The molecule has 0 bridgehead atoms. The zero-order chi connectivity index (χ0) is 20.4. The van der Waals surface area contributed by atoms with Crippen molar-refractivity contribution in [3.05, 3.63) is 83.2 Å². The summed E-state index contributed by atoms with van der Waals surface area (Å²) in [7, 11) is 0. The van der Waals surface area contributed by atoms with Gasteiger partial charge in [0.25, 0.3) is 0 Å². The summed E-state index contributed by atoms with van der Waals surface area (Å²) in [6.07, 6.45) is 21.8. The van der Waals surface area contributed by atoms with Crippen molar-refractivity contribution in [1.82, 2.24) is 0 Å². The van der Waals surface area contributed by atoms with Gasteiger partial charge >= 0.3 is 0 Å². The minimum Gasteiger partial charge on any atom is -0.290 e. The van der Waals surface area contributed by atoms with Gasteiger partial charge in [-0.15, -0.1) is 12.8 Å². The van der Waals surface area contributed by atoms with E-state index in [1.165, 1.54) is 17.4 Å². The maximum absolute atomic E-state index is 5.74. The van der Waals surface area contributed by atoms with E-state index in [4.69, 9.17) is 9.78 Å². The molecule has 2 aromatic rings. The predicted octanol–water partition coefficient (Wildman–Crippen LogP) is 7.39. The number of fused-ring (bicyclic) bond motifs is 1. The van der Waals surface area contributed by atoms with Crippen LogP contribution in [0.5, 0.6) is 5.75 Å². The summed E-state index contributed by atoms with van der Waals surface area (Å²) in [4.78, 5) is 11.4. The molecule has 0 saturated carbocycles. The van der Waals surface area contributed by atoms with E-state index in [0.29, 0.717) is 0 Å². The fourth-order valence-corrected chi connectivity index (χ4v) is 3.06. The minimum absolute atomic E-state index is 0.725. The van der Waals surface area contributed by atoms with Crippen molar-refractivity contribution in [3.8, 4) is 18.6 Å². The lowest BCUT2D eigenvalue weighted by molar-refractivity contribution is -0.163. The van der Waals surface area contributed by atoms with Crippen LogP contribution in [0.4, 0.5) is 0 Å².